The molecule has 0 aliphatic rings. The van der Waals surface area contributed by atoms with Crippen molar-refractivity contribution in [2.45, 2.75) is 0 Å². The number of hydrogen-bond acceptors (Lipinski definition) is 0. The van der Waals surface area contributed by atoms with Crippen LogP contribution in [0.25, 0.3) is 109 Å². The lowest BCUT2D eigenvalue weighted by atomic mass is 9.83. The van der Waals surface area contributed by atoms with Crippen molar-refractivity contribution in [3.05, 3.63) is 206 Å². The topological polar surface area (TPSA) is 0 Å². The van der Waals surface area contributed by atoms with Crippen LogP contribution in [0.1, 0.15) is 0 Å². The van der Waals surface area contributed by atoms with Gasteiger partial charge in [-0.3, -0.25) is 0 Å². The molecule has 11 aromatic carbocycles. The predicted octanol–water partition coefficient (Wildman–Crippen LogP) is 15.3. The van der Waals surface area contributed by atoms with Crippen LogP contribution in [-0.4, -0.2) is 0 Å². The molecule has 11 aromatic rings. The van der Waals surface area contributed by atoms with Gasteiger partial charge in [-0.25, -0.2) is 0 Å². The smallest absolute Gasteiger partial charge is 0.00199 e. The lowest BCUT2D eigenvalue weighted by Gasteiger charge is -2.20. The molecule has 0 aliphatic heterocycles. The van der Waals surface area contributed by atoms with E-state index < -0.39 is 0 Å². The molecule has 0 aromatic heterocycles. The third kappa shape index (κ3) is 4.92. The molecule has 0 amide bonds. The van der Waals surface area contributed by atoms with Crippen molar-refractivity contribution in [1.82, 2.24) is 0 Å². The van der Waals surface area contributed by atoms with Crippen molar-refractivity contribution in [3.8, 4) is 44.5 Å². The van der Waals surface area contributed by atoms with Crippen molar-refractivity contribution in [1.29, 1.82) is 0 Å². The zero-order valence-corrected chi connectivity index (χ0v) is 29.6. The first-order valence-electron chi connectivity index (χ1n) is 18.7. The molecule has 0 aliphatic carbocycles. The van der Waals surface area contributed by atoms with Gasteiger partial charge in [0.15, 0.2) is 0 Å². The van der Waals surface area contributed by atoms with Gasteiger partial charge in [-0.05, 0) is 133 Å². The van der Waals surface area contributed by atoms with E-state index in [1.54, 1.807) is 0 Å². The molecule has 0 fully saturated rings. The van der Waals surface area contributed by atoms with Crippen molar-refractivity contribution in [3.63, 3.8) is 0 Å². The summed E-state index contributed by atoms with van der Waals surface area (Å²) in [6.07, 6.45) is 0. The second-order valence-electron chi connectivity index (χ2n) is 14.4. The zero-order chi connectivity index (χ0) is 35.6. The van der Waals surface area contributed by atoms with Gasteiger partial charge in [-0.15, -0.1) is 0 Å². The zero-order valence-electron chi connectivity index (χ0n) is 29.6. The van der Waals surface area contributed by atoms with E-state index in [9.17, 15) is 0 Å². The van der Waals surface area contributed by atoms with Gasteiger partial charge in [0.05, 0.1) is 0 Å². The van der Waals surface area contributed by atoms with Crippen LogP contribution in [0.4, 0.5) is 0 Å². The Morgan fingerprint density at radius 1 is 0.185 bits per heavy atom. The lowest BCUT2D eigenvalue weighted by Crippen LogP contribution is -1.92. The summed E-state index contributed by atoms with van der Waals surface area (Å²) in [5.74, 6) is 0. The van der Waals surface area contributed by atoms with Gasteiger partial charge < -0.3 is 0 Å². The molecule has 0 saturated carbocycles. The van der Waals surface area contributed by atoms with Crippen LogP contribution in [0.2, 0.25) is 0 Å². The summed E-state index contributed by atoms with van der Waals surface area (Å²) < 4.78 is 0. The summed E-state index contributed by atoms with van der Waals surface area (Å²) in [5.41, 5.74) is 9.98. The van der Waals surface area contributed by atoms with Crippen LogP contribution in [0, 0.1) is 0 Å². The number of fused-ring (bicyclic) bond motifs is 7. The third-order valence-electron chi connectivity index (χ3n) is 11.4. The molecule has 0 radical (unpaired) electrons. The van der Waals surface area contributed by atoms with Crippen molar-refractivity contribution < 1.29 is 0 Å². The molecule has 0 spiro atoms. The van der Waals surface area contributed by atoms with Crippen molar-refractivity contribution in [2.24, 2.45) is 0 Å². The van der Waals surface area contributed by atoms with E-state index in [0.717, 1.165) is 0 Å². The third-order valence-corrected chi connectivity index (χ3v) is 11.4. The predicted molar refractivity (Wildman–Crippen MR) is 233 cm³/mol. The maximum atomic E-state index is 2.40. The lowest BCUT2D eigenvalue weighted by molar-refractivity contribution is 1.61. The Morgan fingerprint density at radius 3 is 1.19 bits per heavy atom. The molecule has 0 heterocycles. The van der Waals surface area contributed by atoms with Crippen LogP contribution >= 0.6 is 0 Å². The normalized spacial score (nSPS) is 11.7. The molecule has 0 nitrogen and oxygen atoms in total. The summed E-state index contributed by atoms with van der Waals surface area (Å²) in [4.78, 5) is 0. The van der Waals surface area contributed by atoms with E-state index in [1.807, 2.05) is 0 Å². The van der Waals surface area contributed by atoms with Gasteiger partial charge in [0.2, 0.25) is 0 Å². The van der Waals surface area contributed by atoms with Gasteiger partial charge in [0, 0.05) is 0 Å². The Balaban J connectivity index is 1.06. The fourth-order valence-corrected chi connectivity index (χ4v) is 8.80. The van der Waals surface area contributed by atoms with E-state index in [0.29, 0.717) is 0 Å². The standard InChI is InChI=1S/C54H34/c1-2-12-39-31-40(28-25-35(39)11-1)36-21-23-37(24-22-36)41-29-26-38-27-30-43(33-44(38)32-41)53-48-17-7-9-19-50(48)54(51-20-10-8-18-49(51)53)52-34-42-13-3-4-14-45(42)46-15-5-6-16-47(46)52/h1-34H. The maximum absolute atomic E-state index is 2.40. The van der Waals surface area contributed by atoms with E-state index in [-0.39, 0.29) is 0 Å². The second-order valence-corrected chi connectivity index (χ2v) is 14.4. The Kier molecular flexibility index (Phi) is 6.97. The molecule has 0 heteroatoms. The first-order valence-corrected chi connectivity index (χ1v) is 18.7. The van der Waals surface area contributed by atoms with E-state index in [1.165, 1.54) is 109 Å². The highest BCUT2D eigenvalue weighted by molar-refractivity contribution is 6.26. The summed E-state index contributed by atoms with van der Waals surface area (Å²) in [5, 5.41) is 15.2. The van der Waals surface area contributed by atoms with Crippen LogP contribution in [0.15, 0.2) is 206 Å². The first kappa shape index (κ1) is 30.6. The second kappa shape index (κ2) is 12.3. The molecular weight excluding hydrogens is 649 g/mol. The Bertz CT molecular complexity index is 3200. The van der Waals surface area contributed by atoms with Crippen molar-refractivity contribution >= 4 is 64.6 Å². The van der Waals surface area contributed by atoms with Crippen LogP contribution in [-0.2, 0) is 0 Å². The van der Waals surface area contributed by atoms with E-state index >= 15 is 0 Å². The number of rotatable bonds is 4. The highest BCUT2D eigenvalue weighted by atomic mass is 14.2. The number of benzene rings is 11. The first-order chi connectivity index (χ1) is 26.8. The van der Waals surface area contributed by atoms with E-state index in [2.05, 4.69) is 206 Å². The van der Waals surface area contributed by atoms with Gasteiger partial charge in [-0.1, -0.05) is 182 Å². The highest BCUT2D eigenvalue weighted by Crippen LogP contribution is 2.47. The Morgan fingerprint density at radius 2 is 0.574 bits per heavy atom. The minimum absolute atomic E-state index is 1.22. The molecule has 0 bridgehead atoms. The van der Waals surface area contributed by atoms with Crippen LogP contribution in [0.5, 0.6) is 0 Å². The van der Waals surface area contributed by atoms with Crippen LogP contribution in [0.3, 0.4) is 0 Å². The molecule has 0 atom stereocenters. The maximum Gasteiger partial charge on any atom is -0.00199 e. The Labute approximate surface area is 314 Å². The molecule has 0 saturated heterocycles. The fourth-order valence-electron chi connectivity index (χ4n) is 8.80. The number of hydrogen-bond donors (Lipinski definition) is 0. The molecule has 11 rings (SSSR count). The average molecular weight is 683 g/mol. The summed E-state index contributed by atoms with van der Waals surface area (Å²) >= 11 is 0. The summed E-state index contributed by atoms with van der Waals surface area (Å²) in [7, 11) is 0. The Hall–Kier alpha value is -7.02. The van der Waals surface area contributed by atoms with Gasteiger partial charge >= 0.3 is 0 Å². The summed E-state index contributed by atoms with van der Waals surface area (Å²) in [6, 6.07) is 76.1. The van der Waals surface area contributed by atoms with Gasteiger partial charge in [0.25, 0.3) is 0 Å². The molecule has 250 valence electrons. The monoisotopic (exact) mass is 682 g/mol. The van der Waals surface area contributed by atoms with E-state index in [4.69, 9.17) is 0 Å². The largest absolute Gasteiger partial charge is 0.0616 e. The highest BCUT2D eigenvalue weighted by Gasteiger charge is 2.19. The van der Waals surface area contributed by atoms with Gasteiger partial charge in [0.1, 0.15) is 0 Å². The van der Waals surface area contributed by atoms with Crippen LogP contribution < -0.4 is 0 Å². The summed E-state index contributed by atoms with van der Waals surface area (Å²) in [6.45, 7) is 0. The molecule has 0 unspecified atom stereocenters. The molecular formula is C54H34. The van der Waals surface area contributed by atoms with Gasteiger partial charge in [-0.2, -0.15) is 0 Å². The fraction of sp³-hybridized carbons (Fsp3) is 0. The molecule has 0 N–H and O–H groups in total. The SMILES string of the molecule is c1ccc2cc(-c3ccc(-c4ccc5ccc(-c6c7ccccc7c(-c7cc8ccccc8c8ccccc78)c7ccccc67)cc5c4)cc3)ccc2c1. The quantitative estimate of drug-likeness (QED) is 0.128. The van der Waals surface area contributed by atoms with Crippen molar-refractivity contribution in [2.75, 3.05) is 0 Å². The average Bonchev–Trinajstić information content (AvgIpc) is 3.25. The molecule has 54 heavy (non-hydrogen) atoms. The minimum atomic E-state index is 1.22. The minimum Gasteiger partial charge on any atom is -0.0616 e.